The van der Waals surface area contributed by atoms with Crippen molar-refractivity contribution in [1.29, 1.82) is 0 Å². The van der Waals surface area contributed by atoms with E-state index in [-0.39, 0.29) is 25.4 Å². The van der Waals surface area contributed by atoms with E-state index >= 15 is 0 Å². The SMILES string of the molecule is CCOc1ccc2c(c1)[C@@H](c1ccc(OC)cc1)N(CC(=O)O)[C@@H]2c1ccc2c(c1)OCO2. The molecule has 0 fully saturated rings. The molecule has 5 rings (SSSR count). The molecule has 33 heavy (non-hydrogen) atoms. The zero-order valence-corrected chi connectivity index (χ0v) is 18.5. The molecule has 2 atom stereocenters. The molecule has 7 heteroatoms. The van der Waals surface area contributed by atoms with E-state index in [1.807, 2.05) is 72.5 Å². The summed E-state index contributed by atoms with van der Waals surface area (Å²) in [7, 11) is 1.63. The van der Waals surface area contributed by atoms with Crippen LogP contribution in [0.2, 0.25) is 0 Å². The van der Waals surface area contributed by atoms with E-state index in [1.165, 1.54) is 0 Å². The molecule has 0 radical (unpaired) electrons. The molecule has 0 aliphatic carbocycles. The highest BCUT2D eigenvalue weighted by Gasteiger charge is 2.41. The lowest BCUT2D eigenvalue weighted by molar-refractivity contribution is -0.139. The average molecular weight is 447 g/mol. The number of nitrogens with zero attached hydrogens (tertiary/aromatic N) is 1. The van der Waals surface area contributed by atoms with Gasteiger partial charge in [0.2, 0.25) is 6.79 Å². The number of rotatable bonds is 7. The molecule has 3 aromatic rings. The third-order valence-corrected chi connectivity index (χ3v) is 6.08. The van der Waals surface area contributed by atoms with E-state index < -0.39 is 5.97 Å². The zero-order valence-electron chi connectivity index (χ0n) is 18.5. The van der Waals surface area contributed by atoms with Gasteiger partial charge in [-0.3, -0.25) is 9.69 Å². The predicted octanol–water partition coefficient (Wildman–Crippen LogP) is 4.40. The summed E-state index contributed by atoms with van der Waals surface area (Å²) < 4.78 is 22.2. The van der Waals surface area contributed by atoms with Crippen LogP contribution in [0.1, 0.15) is 41.3 Å². The van der Waals surface area contributed by atoms with Gasteiger partial charge in [-0.05, 0) is 65.6 Å². The summed E-state index contributed by atoms with van der Waals surface area (Å²) in [6, 6.07) is 19.0. The normalized spacial score (nSPS) is 18.7. The zero-order chi connectivity index (χ0) is 22.9. The second-order valence-corrected chi connectivity index (χ2v) is 7.98. The summed E-state index contributed by atoms with van der Waals surface area (Å²) in [5.74, 6) is 1.98. The van der Waals surface area contributed by atoms with Crippen molar-refractivity contribution in [2.24, 2.45) is 0 Å². The average Bonchev–Trinajstić information content (AvgIpc) is 3.40. The first-order valence-corrected chi connectivity index (χ1v) is 10.9. The fraction of sp³-hybridized carbons (Fsp3) is 0.269. The van der Waals surface area contributed by atoms with E-state index in [0.717, 1.165) is 33.8 Å². The molecular weight excluding hydrogens is 422 g/mol. The Bertz CT molecular complexity index is 1180. The largest absolute Gasteiger partial charge is 0.497 e. The maximum Gasteiger partial charge on any atom is 0.317 e. The number of benzene rings is 3. The van der Waals surface area contributed by atoms with Crippen molar-refractivity contribution < 1.29 is 28.8 Å². The van der Waals surface area contributed by atoms with Crippen molar-refractivity contribution in [2.45, 2.75) is 19.0 Å². The quantitative estimate of drug-likeness (QED) is 0.575. The molecule has 1 N–H and O–H groups in total. The van der Waals surface area contributed by atoms with E-state index in [2.05, 4.69) is 0 Å². The van der Waals surface area contributed by atoms with Gasteiger partial charge in [-0.25, -0.2) is 0 Å². The van der Waals surface area contributed by atoms with Crippen LogP contribution in [-0.4, -0.2) is 43.0 Å². The highest BCUT2D eigenvalue weighted by Crippen LogP contribution is 2.50. The van der Waals surface area contributed by atoms with Crippen molar-refractivity contribution >= 4 is 5.97 Å². The number of hydrogen-bond acceptors (Lipinski definition) is 6. The molecule has 2 heterocycles. The first-order chi connectivity index (χ1) is 16.1. The molecule has 170 valence electrons. The summed E-state index contributed by atoms with van der Waals surface area (Å²) in [6.45, 7) is 2.55. The van der Waals surface area contributed by atoms with Crippen LogP contribution in [0.4, 0.5) is 0 Å². The van der Waals surface area contributed by atoms with Crippen molar-refractivity contribution in [1.82, 2.24) is 4.90 Å². The molecule has 0 unspecified atom stereocenters. The molecule has 0 bridgehead atoms. The first kappa shape index (κ1) is 21.2. The number of carbonyl (C=O) groups is 1. The number of carboxylic acids is 1. The molecule has 7 nitrogen and oxygen atoms in total. The fourth-order valence-corrected chi connectivity index (χ4v) is 4.75. The number of aliphatic carboxylic acids is 1. The molecule has 0 saturated carbocycles. The fourth-order valence-electron chi connectivity index (χ4n) is 4.75. The Morgan fingerprint density at radius 1 is 0.939 bits per heavy atom. The molecule has 3 aromatic carbocycles. The number of ether oxygens (including phenoxy) is 4. The molecule has 0 amide bonds. The Morgan fingerprint density at radius 3 is 2.36 bits per heavy atom. The molecule has 2 aliphatic rings. The molecular formula is C26H25NO6. The van der Waals surface area contributed by atoms with Gasteiger partial charge in [0.25, 0.3) is 0 Å². The maximum absolute atomic E-state index is 12.0. The minimum atomic E-state index is -0.892. The standard InChI is InChI=1S/C26H25NO6/c1-3-31-19-9-10-20-21(13-19)25(16-4-7-18(30-2)8-5-16)27(14-24(28)29)26(20)17-6-11-22-23(12-17)33-15-32-22/h4-13,25-26H,3,14-15H2,1-2H3,(H,28,29)/t25-,26-/m1/s1. The highest BCUT2D eigenvalue weighted by atomic mass is 16.7. The molecule has 2 aliphatic heterocycles. The Kier molecular flexibility index (Phi) is 5.56. The Balaban J connectivity index is 1.67. The Morgan fingerprint density at radius 2 is 1.64 bits per heavy atom. The van der Waals surface area contributed by atoms with Gasteiger partial charge in [-0.1, -0.05) is 24.3 Å². The summed E-state index contributed by atoms with van der Waals surface area (Å²) >= 11 is 0. The van der Waals surface area contributed by atoms with Gasteiger partial charge in [0.1, 0.15) is 11.5 Å². The number of hydrogen-bond donors (Lipinski definition) is 1. The van der Waals surface area contributed by atoms with Crippen molar-refractivity contribution in [3.8, 4) is 23.0 Å². The molecule has 0 spiro atoms. The lowest BCUT2D eigenvalue weighted by Gasteiger charge is -2.30. The third kappa shape index (κ3) is 3.85. The van der Waals surface area contributed by atoms with Gasteiger partial charge >= 0.3 is 5.97 Å². The van der Waals surface area contributed by atoms with Gasteiger partial charge in [0.05, 0.1) is 32.3 Å². The van der Waals surface area contributed by atoms with Gasteiger partial charge in [0, 0.05) is 0 Å². The first-order valence-electron chi connectivity index (χ1n) is 10.9. The topological polar surface area (TPSA) is 77.5 Å². The molecule has 0 saturated heterocycles. The number of carboxylic acid groups (broad SMARTS) is 1. The van der Waals surface area contributed by atoms with Crippen LogP contribution in [0.25, 0.3) is 0 Å². The van der Waals surface area contributed by atoms with E-state index in [1.54, 1.807) is 7.11 Å². The lowest BCUT2D eigenvalue weighted by Crippen LogP contribution is -2.33. The van der Waals surface area contributed by atoms with Crippen LogP contribution < -0.4 is 18.9 Å². The van der Waals surface area contributed by atoms with Crippen LogP contribution in [0.3, 0.4) is 0 Å². The van der Waals surface area contributed by atoms with Gasteiger partial charge in [0.15, 0.2) is 11.5 Å². The van der Waals surface area contributed by atoms with Gasteiger partial charge in [-0.15, -0.1) is 0 Å². The smallest absolute Gasteiger partial charge is 0.317 e. The second-order valence-electron chi connectivity index (χ2n) is 7.98. The number of fused-ring (bicyclic) bond motifs is 2. The van der Waals surface area contributed by atoms with E-state index in [4.69, 9.17) is 18.9 Å². The van der Waals surface area contributed by atoms with E-state index in [9.17, 15) is 9.90 Å². The minimum Gasteiger partial charge on any atom is -0.497 e. The summed E-state index contributed by atoms with van der Waals surface area (Å²) in [5, 5.41) is 9.83. The monoisotopic (exact) mass is 447 g/mol. The van der Waals surface area contributed by atoms with Crippen molar-refractivity contribution in [3.63, 3.8) is 0 Å². The Labute approximate surface area is 192 Å². The van der Waals surface area contributed by atoms with Crippen LogP contribution in [0.15, 0.2) is 60.7 Å². The predicted molar refractivity (Wildman–Crippen MR) is 121 cm³/mol. The maximum atomic E-state index is 12.0. The highest BCUT2D eigenvalue weighted by molar-refractivity contribution is 5.70. The van der Waals surface area contributed by atoms with Crippen LogP contribution in [0.5, 0.6) is 23.0 Å². The second kappa shape index (κ2) is 8.67. The van der Waals surface area contributed by atoms with Crippen LogP contribution in [-0.2, 0) is 4.79 Å². The van der Waals surface area contributed by atoms with Crippen molar-refractivity contribution in [2.75, 3.05) is 27.1 Å². The van der Waals surface area contributed by atoms with Crippen molar-refractivity contribution in [3.05, 3.63) is 82.9 Å². The van der Waals surface area contributed by atoms with Crippen LogP contribution >= 0.6 is 0 Å². The summed E-state index contributed by atoms with van der Waals surface area (Å²) in [5.41, 5.74) is 3.99. The Hall–Kier alpha value is -3.71. The minimum absolute atomic E-state index is 0.131. The third-order valence-electron chi connectivity index (χ3n) is 6.08. The molecule has 0 aromatic heterocycles. The van der Waals surface area contributed by atoms with Gasteiger partial charge in [-0.2, -0.15) is 0 Å². The summed E-state index contributed by atoms with van der Waals surface area (Å²) in [6.07, 6.45) is 0. The summed E-state index contributed by atoms with van der Waals surface area (Å²) in [4.78, 5) is 14.0. The number of methoxy groups -OCH3 is 1. The van der Waals surface area contributed by atoms with Gasteiger partial charge < -0.3 is 24.1 Å². The van der Waals surface area contributed by atoms with E-state index in [0.29, 0.717) is 18.1 Å². The lowest BCUT2D eigenvalue weighted by atomic mass is 9.94. The van der Waals surface area contributed by atoms with Crippen LogP contribution in [0, 0.1) is 0 Å².